The molecule has 7 heteroatoms. The fraction of sp³-hybridized carbons (Fsp3) is 0.200. The van der Waals surface area contributed by atoms with E-state index in [1.807, 2.05) is 54.7 Å². The molecule has 1 N–H and O–H groups in total. The normalized spacial score (nSPS) is 17.0. The molecular formula is C20H18N6O. The Hall–Kier alpha value is -3.32. The van der Waals surface area contributed by atoms with Crippen LogP contribution in [0.15, 0.2) is 65.6 Å². The second-order valence-electron chi connectivity index (χ2n) is 6.52. The SMILES string of the molecule is c1ccc(-c2noc(CN3CCc4[nH]cnc4C3c3ccccn3)n2)cc1. The first kappa shape index (κ1) is 15.9. The number of H-pyrrole nitrogens is 1. The molecule has 0 aliphatic carbocycles. The highest BCUT2D eigenvalue weighted by molar-refractivity contribution is 5.53. The minimum absolute atomic E-state index is 0.0340. The van der Waals surface area contributed by atoms with Crippen LogP contribution in [0, 0.1) is 0 Å². The second kappa shape index (κ2) is 6.77. The Morgan fingerprint density at radius 1 is 1.07 bits per heavy atom. The van der Waals surface area contributed by atoms with Crippen LogP contribution in [0.4, 0.5) is 0 Å². The van der Waals surface area contributed by atoms with Crippen LogP contribution in [0.25, 0.3) is 11.4 Å². The molecule has 4 heterocycles. The zero-order valence-corrected chi connectivity index (χ0v) is 14.6. The molecule has 1 atom stereocenters. The molecule has 0 bridgehead atoms. The average Bonchev–Trinajstić information content (AvgIpc) is 3.39. The molecule has 0 saturated heterocycles. The van der Waals surface area contributed by atoms with Crippen LogP contribution in [0.3, 0.4) is 0 Å². The molecule has 134 valence electrons. The number of pyridine rings is 1. The monoisotopic (exact) mass is 358 g/mol. The first-order valence-electron chi connectivity index (χ1n) is 8.93. The molecule has 1 aromatic carbocycles. The van der Waals surface area contributed by atoms with Crippen LogP contribution in [0.1, 0.15) is 29.0 Å². The van der Waals surface area contributed by atoms with Gasteiger partial charge in [-0.1, -0.05) is 41.6 Å². The fourth-order valence-corrected chi connectivity index (χ4v) is 3.56. The molecule has 27 heavy (non-hydrogen) atoms. The quantitative estimate of drug-likeness (QED) is 0.604. The van der Waals surface area contributed by atoms with E-state index in [1.54, 1.807) is 6.33 Å². The zero-order valence-electron chi connectivity index (χ0n) is 14.6. The molecule has 1 unspecified atom stereocenters. The molecule has 3 aromatic heterocycles. The Bertz CT molecular complexity index is 1030. The van der Waals surface area contributed by atoms with Gasteiger partial charge in [-0.3, -0.25) is 9.88 Å². The van der Waals surface area contributed by atoms with Crippen molar-refractivity contribution in [2.24, 2.45) is 0 Å². The maximum atomic E-state index is 5.52. The average molecular weight is 358 g/mol. The Labute approximate surface area is 156 Å². The van der Waals surface area contributed by atoms with E-state index >= 15 is 0 Å². The number of fused-ring (bicyclic) bond motifs is 1. The molecule has 7 nitrogen and oxygen atoms in total. The third-order valence-corrected chi connectivity index (χ3v) is 4.83. The summed E-state index contributed by atoms with van der Waals surface area (Å²) in [5.74, 6) is 1.20. The van der Waals surface area contributed by atoms with Gasteiger partial charge < -0.3 is 9.51 Å². The molecule has 0 fully saturated rings. The predicted molar refractivity (Wildman–Crippen MR) is 98.5 cm³/mol. The van der Waals surface area contributed by atoms with Crippen molar-refractivity contribution in [3.8, 4) is 11.4 Å². The van der Waals surface area contributed by atoms with Crippen LogP contribution in [0.2, 0.25) is 0 Å². The van der Waals surface area contributed by atoms with Crippen LogP contribution in [0.5, 0.6) is 0 Å². The summed E-state index contributed by atoms with van der Waals surface area (Å²) in [5.41, 5.74) is 4.09. The molecule has 0 radical (unpaired) electrons. The maximum absolute atomic E-state index is 5.52. The summed E-state index contributed by atoms with van der Waals surface area (Å²) in [4.78, 5) is 19.2. The summed E-state index contributed by atoms with van der Waals surface area (Å²) < 4.78 is 5.52. The topological polar surface area (TPSA) is 83.7 Å². The fourth-order valence-electron chi connectivity index (χ4n) is 3.56. The molecular weight excluding hydrogens is 340 g/mol. The van der Waals surface area contributed by atoms with E-state index in [9.17, 15) is 0 Å². The molecule has 1 aliphatic rings. The van der Waals surface area contributed by atoms with E-state index in [0.29, 0.717) is 18.3 Å². The number of aromatic amines is 1. The highest BCUT2D eigenvalue weighted by atomic mass is 16.5. The number of rotatable bonds is 4. The second-order valence-corrected chi connectivity index (χ2v) is 6.52. The van der Waals surface area contributed by atoms with Crippen molar-refractivity contribution in [1.29, 1.82) is 0 Å². The minimum Gasteiger partial charge on any atom is -0.348 e. The zero-order chi connectivity index (χ0) is 18.1. The number of imidazole rings is 1. The van der Waals surface area contributed by atoms with E-state index in [4.69, 9.17) is 4.52 Å². The van der Waals surface area contributed by atoms with Crippen LogP contribution in [-0.4, -0.2) is 36.5 Å². The van der Waals surface area contributed by atoms with E-state index < -0.39 is 0 Å². The Morgan fingerprint density at radius 2 is 1.96 bits per heavy atom. The van der Waals surface area contributed by atoms with Gasteiger partial charge in [0.05, 0.1) is 30.3 Å². The lowest BCUT2D eigenvalue weighted by Crippen LogP contribution is -2.36. The van der Waals surface area contributed by atoms with Crippen LogP contribution < -0.4 is 0 Å². The Morgan fingerprint density at radius 3 is 2.81 bits per heavy atom. The first-order valence-corrected chi connectivity index (χ1v) is 8.93. The van der Waals surface area contributed by atoms with Crippen LogP contribution in [-0.2, 0) is 13.0 Å². The van der Waals surface area contributed by atoms with E-state index in [0.717, 1.165) is 35.6 Å². The smallest absolute Gasteiger partial charge is 0.241 e. The summed E-state index contributed by atoms with van der Waals surface area (Å²) >= 11 is 0. The largest absolute Gasteiger partial charge is 0.348 e. The molecule has 1 aliphatic heterocycles. The Balaban J connectivity index is 1.45. The molecule has 0 spiro atoms. The van der Waals surface area contributed by atoms with E-state index in [2.05, 4.69) is 30.0 Å². The number of aromatic nitrogens is 5. The summed E-state index contributed by atoms with van der Waals surface area (Å²) in [6.45, 7) is 1.41. The van der Waals surface area contributed by atoms with Crippen molar-refractivity contribution < 1.29 is 4.52 Å². The highest BCUT2D eigenvalue weighted by Gasteiger charge is 2.32. The van der Waals surface area contributed by atoms with Gasteiger partial charge in [-0.25, -0.2) is 4.98 Å². The van der Waals surface area contributed by atoms with Crippen molar-refractivity contribution >= 4 is 0 Å². The number of nitrogens with one attached hydrogen (secondary N) is 1. The van der Waals surface area contributed by atoms with Gasteiger partial charge in [0.25, 0.3) is 0 Å². The number of nitrogens with zero attached hydrogens (tertiary/aromatic N) is 5. The number of benzene rings is 1. The standard InChI is InChI=1S/C20H18N6O/c1-2-6-14(7-3-1)20-24-17(27-25-20)12-26-11-9-15-18(23-13-22-15)19(26)16-8-4-5-10-21-16/h1-8,10,13,19H,9,11-12H2,(H,22,23). The predicted octanol–water partition coefficient (Wildman–Crippen LogP) is 3.00. The van der Waals surface area contributed by atoms with Crippen molar-refractivity contribution in [1.82, 2.24) is 30.0 Å². The minimum atomic E-state index is -0.0340. The first-order chi connectivity index (χ1) is 13.4. The lowest BCUT2D eigenvalue weighted by molar-refractivity contribution is 0.172. The number of hydrogen-bond donors (Lipinski definition) is 1. The molecule has 5 rings (SSSR count). The van der Waals surface area contributed by atoms with Crippen molar-refractivity contribution in [3.63, 3.8) is 0 Å². The van der Waals surface area contributed by atoms with Gasteiger partial charge in [0.1, 0.15) is 0 Å². The Kier molecular flexibility index (Phi) is 3.99. The van der Waals surface area contributed by atoms with Gasteiger partial charge in [0, 0.05) is 30.4 Å². The van der Waals surface area contributed by atoms with Crippen LogP contribution >= 0.6 is 0 Å². The lowest BCUT2D eigenvalue weighted by atomic mass is 9.99. The van der Waals surface area contributed by atoms with Crippen molar-refractivity contribution in [3.05, 3.63) is 84.0 Å². The van der Waals surface area contributed by atoms with E-state index in [-0.39, 0.29) is 6.04 Å². The lowest BCUT2D eigenvalue weighted by Gasteiger charge is -2.33. The summed E-state index contributed by atoms with van der Waals surface area (Å²) in [5, 5.41) is 4.13. The number of hydrogen-bond acceptors (Lipinski definition) is 6. The van der Waals surface area contributed by atoms with Gasteiger partial charge in [-0.2, -0.15) is 4.98 Å². The van der Waals surface area contributed by atoms with Crippen molar-refractivity contribution in [2.75, 3.05) is 6.54 Å². The van der Waals surface area contributed by atoms with Gasteiger partial charge in [-0.05, 0) is 12.1 Å². The molecule has 0 saturated carbocycles. The van der Waals surface area contributed by atoms with E-state index in [1.165, 1.54) is 0 Å². The summed E-state index contributed by atoms with van der Waals surface area (Å²) in [6, 6.07) is 15.8. The highest BCUT2D eigenvalue weighted by Crippen LogP contribution is 2.33. The summed E-state index contributed by atoms with van der Waals surface area (Å²) in [6.07, 6.45) is 4.47. The van der Waals surface area contributed by atoms with Gasteiger partial charge in [0.15, 0.2) is 0 Å². The summed E-state index contributed by atoms with van der Waals surface area (Å²) in [7, 11) is 0. The molecule has 0 amide bonds. The van der Waals surface area contributed by atoms with Gasteiger partial charge in [0.2, 0.25) is 11.7 Å². The third kappa shape index (κ3) is 3.02. The van der Waals surface area contributed by atoms with Crippen molar-refractivity contribution in [2.45, 2.75) is 19.0 Å². The molecule has 4 aromatic rings. The van der Waals surface area contributed by atoms with Gasteiger partial charge >= 0.3 is 0 Å². The maximum Gasteiger partial charge on any atom is 0.241 e. The third-order valence-electron chi connectivity index (χ3n) is 4.83. The van der Waals surface area contributed by atoms with Gasteiger partial charge in [-0.15, -0.1) is 0 Å².